The Hall–Kier alpha value is -0.795. The maximum absolute atomic E-state index is 6.48. The highest BCUT2D eigenvalue weighted by atomic mass is 16.7. The number of hydrogen-bond acceptors (Lipinski definition) is 2. The molecule has 0 N–H and O–H groups in total. The minimum atomic E-state index is -0.207. The Morgan fingerprint density at radius 3 is 2.00 bits per heavy atom. The molecule has 1 atom stereocenters. The fourth-order valence-electron chi connectivity index (χ4n) is 5.75. The molecule has 1 unspecified atom stereocenters. The van der Waals surface area contributed by atoms with Crippen molar-refractivity contribution in [1.29, 1.82) is 0 Å². The van der Waals surface area contributed by atoms with Gasteiger partial charge in [-0.1, -0.05) is 30.3 Å². The molecule has 1 saturated heterocycles. The van der Waals surface area contributed by atoms with Crippen molar-refractivity contribution in [3.05, 3.63) is 35.9 Å². The van der Waals surface area contributed by atoms with Gasteiger partial charge in [-0.3, -0.25) is 0 Å². The first-order valence-electron chi connectivity index (χ1n) is 9.22. The van der Waals surface area contributed by atoms with Crippen LogP contribution in [0.3, 0.4) is 0 Å². The van der Waals surface area contributed by atoms with Crippen molar-refractivity contribution < 1.29 is 9.31 Å². The van der Waals surface area contributed by atoms with E-state index in [1.807, 2.05) is 0 Å². The Balaban J connectivity index is 1.46. The molecule has 23 heavy (non-hydrogen) atoms. The summed E-state index contributed by atoms with van der Waals surface area (Å²) in [5.41, 5.74) is 1.56. The second-order valence-electron chi connectivity index (χ2n) is 9.51. The van der Waals surface area contributed by atoms with E-state index < -0.39 is 0 Å². The van der Waals surface area contributed by atoms with E-state index in [9.17, 15) is 0 Å². The van der Waals surface area contributed by atoms with Crippen LogP contribution in [0.2, 0.25) is 5.31 Å². The van der Waals surface area contributed by atoms with Crippen LogP contribution in [0.1, 0.15) is 58.9 Å². The molecule has 2 nitrogen and oxygen atoms in total. The zero-order chi connectivity index (χ0) is 16.1. The largest absolute Gasteiger partial charge is 0.464 e. The van der Waals surface area contributed by atoms with Crippen molar-refractivity contribution in [2.45, 2.75) is 75.3 Å². The second kappa shape index (κ2) is 4.05. The fourth-order valence-corrected chi connectivity index (χ4v) is 5.75. The molecule has 0 spiro atoms. The van der Waals surface area contributed by atoms with Gasteiger partial charge in [0.25, 0.3) is 0 Å². The molecule has 4 aliphatic carbocycles. The molecule has 0 radical (unpaired) electrons. The lowest BCUT2D eigenvalue weighted by atomic mass is 9.17. The van der Waals surface area contributed by atoms with E-state index >= 15 is 0 Å². The standard InChI is InChI=1S/C20H27BO2/c1-17(2)18(3,4)23-21(22-17)20-12-19(13-20,16(20)14-10-11-14)15-8-6-5-7-9-15/h5-9,14,16H,10-13H2,1-4H3. The molecule has 0 amide bonds. The smallest absolute Gasteiger partial charge is 0.403 e. The average molecular weight is 310 g/mol. The van der Waals surface area contributed by atoms with E-state index in [0.717, 1.165) is 11.8 Å². The molecular formula is C20H27BO2. The van der Waals surface area contributed by atoms with E-state index in [4.69, 9.17) is 9.31 Å². The summed E-state index contributed by atoms with van der Waals surface area (Å²) in [5.74, 6) is 1.67. The van der Waals surface area contributed by atoms with Gasteiger partial charge in [0.15, 0.2) is 0 Å². The lowest BCUT2D eigenvalue weighted by molar-refractivity contribution is -0.135. The van der Waals surface area contributed by atoms with Crippen LogP contribution >= 0.6 is 0 Å². The summed E-state index contributed by atoms with van der Waals surface area (Å²) >= 11 is 0. The van der Waals surface area contributed by atoms with Crippen molar-refractivity contribution in [2.24, 2.45) is 11.8 Å². The van der Waals surface area contributed by atoms with Gasteiger partial charge in [-0.15, -0.1) is 0 Å². The highest BCUT2D eigenvalue weighted by Crippen LogP contribution is 2.87. The van der Waals surface area contributed by atoms with Gasteiger partial charge in [-0.2, -0.15) is 0 Å². The monoisotopic (exact) mass is 310 g/mol. The molecule has 0 aromatic heterocycles. The molecule has 1 heterocycles. The maximum Gasteiger partial charge on any atom is 0.464 e. The fraction of sp³-hybridized carbons (Fsp3) is 0.700. The molecular weight excluding hydrogens is 283 g/mol. The van der Waals surface area contributed by atoms with E-state index in [1.54, 1.807) is 5.56 Å². The van der Waals surface area contributed by atoms with Crippen LogP contribution in [-0.2, 0) is 14.7 Å². The minimum Gasteiger partial charge on any atom is -0.403 e. The highest BCUT2D eigenvalue weighted by Gasteiger charge is 2.84. The van der Waals surface area contributed by atoms with Gasteiger partial charge in [0, 0.05) is 5.31 Å². The third kappa shape index (κ3) is 1.63. The van der Waals surface area contributed by atoms with Gasteiger partial charge < -0.3 is 9.31 Å². The number of benzene rings is 1. The summed E-state index contributed by atoms with van der Waals surface area (Å²) in [4.78, 5) is 0. The third-order valence-corrected chi connectivity index (χ3v) is 7.67. The van der Waals surface area contributed by atoms with Gasteiger partial charge in [-0.25, -0.2) is 0 Å². The Labute approximate surface area is 140 Å². The maximum atomic E-state index is 6.48. The lowest BCUT2D eigenvalue weighted by Gasteiger charge is -2.77. The van der Waals surface area contributed by atoms with Gasteiger partial charge in [0.2, 0.25) is 0 Å². The molecule has 2 bridgehead atoms. The predicted octanol–water partition coefficient (Wildman–Crippen LogP) is 4.59. The second-order valence-corrected chi connectivity index (χ2v) is 9.51. The van der Waals surface area contributed by atoms with Crippen molar-refractivity contribution >= 4 is 7.12 Å². The number of rotatable bonds is 3. The van der Waals surface area contributed by atoms with E-state index in [0.29, 0.717) is 5.41 Å². The highest BCUT2D eigenvalue weighted by molar-refractivity contribution is 6.51. The summed E-state index contributed by atoms with van der Waals surface area (Å²) in [5, 5.41) is 0.280. The van der Waals surface area contributed by atoms with Crippen molar-refractivity contribution in [2.75, 3.05) is 0 Å². The zero-order valence-corrected chi connectivity index (χ0v) is 14.8. The Bertz CT molecular complexity index is 625. The Morgan fingerprint density at radius 1 is 0.913 bits per heavy atom. The SMILES string of the molecule is CC1(C)OB(C23CC(c4ccccc4)(C2)C3C2CC2)OC1(C)C. The van der Waals surface area contributed by atoms with Crippen LogP contribution < -0.4 is 0 Å². The molecule has 6 rings (SSSR count). The van der Waals surface area contributed by atoms with Gasteiger partial charge in [-0.05, 0) is 76.2 Å². The molecule has 3 heteroatoms. The summed E-state index contributed by atoms with van der Waals surface area (Å²) < 4.78 is 13.0. The predicted molar refractivity (Wildman–Crippen MR) is 92.3 cm³/mol. The van der Waals surface area contributed by atoms with Crippen LogP contribution in [0.4, 0.5) is 0 Å². The molecule has 1 aromatic rings. The molecule has 1 aromatic carbocycles. The summed E-state index contributed by atoms with van der Waals surface area (Å²) in [6.45, 7) is 8.71. The zero-order valence-electron chi connectivity index (χ0n) is 14.8. The van der Waals surface area contributed by atoms with E-state index in [2.05, 4.69) is 58.0 Å². The van der Waals surface area contributed by atoms with Gasteiger partial charge in [0.1, 0.15) is 0 Å². The van der Waals surface area contributed by atoms with E-state index in [-0.39, 0.29) is 23.6 Å². The normalized spacial score (nSPS) is 43.0. The van der Waals surface area contributed by atoms with Crippen molar-refractivity contribution in [3.63, 3.8) is 0 Å². The van der Waals surface area contributed by atoms with Gasteiger partial charge in [0.05, 0.1) is 11.2 Å². The van der Waals surface area contributed by atoms with Crippen LogP contribution in [0.5, 0.6) is 0 Å². The first kappa shape index (κ1) is 14.5. The quantitative estimate of drug-likeness (QED) is 0.760. The molecule has 1 aliphatic heterocycles. The van der Waals surface area contributed by atoms with Crippen LogP contribution in [0, 0.1) is 11.8 Å². The summed E-state index contributed by atoms with van der Waals surface area (Å²) in [7, 11) is -0.0105. The molecule has 4 saturated carbocycles. The summed E-state index contributed by atoms with van der Waals surface area (Å²) in [6, 6.07) is 11.2. The summed E-state index contributed by atoms with van der Waals surface area (Å²) in [6.07, 6.45) is 5.31. The molecule has 122 valence electrons. The van der Waals surface area contributed by atoms with E-state index in [1.165, 1.54) is 25.7 Å². The minimum absolute atomic E-state index is 0.0105. The van der Waals surface area contributed by atoms with Crippen LogP contribution in [-0.4, -0.2) is 18.3 Å². The van der Waals surface area contributed by atoms with Crippen molar-refractivity contribution in [1.82, 2.24) is 0 Å². The lowest BCUT2D eigenvalue weighted by Crippen LogP contribution is -2.74. The Morgan fingerprint density at radius 2 is 1.48 bits per heavy atom. The van der Waals surface area contributed by atoms with Crippen LogP contribution in [0.25, 0.3) is 0 Å². The van der Waals surface area contributed by atoms with Gasteiger partial charge >= 0.3 is 7.12 Å². The first-order chi connectivity index (χ1) is 10.8. The molecule has 5 aliphatic rings. The first-order valence-corrected chi connectivity index (χ1v) is 9.22. The third-order valence-electron chi connectivity index (χ3n) is 7.67. The number of hydrogen-bond donors (Lipinski definition) is 0. The Kier molecular flexibility index (Phi) is 2.56. The van der Waals surface area contributed by atoms with Crippen LogP contribution in [0.15, 0.2) is 30.3 Å². The topological polar surface area (TPSA) is 18.5 Å². The average Bonchev–Trinajstić information content (AvgIpc) is 3.16. The van der Waals surface area contributed by atoms with Crippen molar-refractivity contribution in [3.8, 4) is 0 Å². The molecule has 5 fully saturated rings.